The molecule has 5 heteroatoms. The molecule has 0 aliphatic rings. The summed E-state index contributed by atoms with van der Waals surface area (Å²) < 4.78 is 5.50. The molecule has 0 aliphatic heterocycles. The van der Waals surface area contributed by atoms with E-state index >= 15 is 0 Å². The average Bonchev–Trinajstić information content (AvgIpc) is 2.38. The van der Waals surface area contributed by atoms with E-state index in [-0.39, 0.29) is 5.60 Å². The summed E-state index contributed by atoms with van der Waals surface area (Å²) in [6.45, 7) is 5.92. The van der Waals surface area contributed by atoms with E-state index in [9.17, 15) is 4.79 Å². The second kappa shape index (κ2) is 6.10. The molecule has 0 fully saturated rings. The third kappa shape index (κ3) is 9.49. The summed E-state index contributed by atoms with van der Waals surface area (Å²) in [7, 11) is 0. The molecule has 13 heavy (non-hydrogen) atoms. The minimum Gasteiger partial charge on any atom is -0.462 e. The predicted molar refractivity (Wildman–Crippen MR) is 56.7 cm³/mol. The highest BCUT2D eigenvalue weighted by Gasteiger charge is 2.07. The topological polar surface area (TPSA) is 39.2 Å². The number of carbonyl (C=O) groups excluding carboxylic acids is 1. The minimum absolute atomic E-state index is 0.318. The molecule has 0 saturated heterocycles. The molecule has 1 aromatic rings. The fourth-order valence-electron chi connectivity index (χ4n) is 0.350. The molecular formula is C8H12BrNO2S. The van der Waals surface area contributed by atoms with Crippen molar-refractivity contribution in [2.75, 3.05) is 0 Å². The van der Waals surface area contributed by atoms with Crippen molar-refractivity contribution in [1.29, 1.82) is 0 Å². The molecule has 74 valence electrons. The van der Waals surface area contributed by atoms with Gasteiger partial charge in [-0.1, -0.05) is 0 Å². The van der Waals surface area contributed by atoms with Gasteiger partial charge < -0.3 is 4.74 Å². The van der Waals surface area contributed by atoms with Crippen LogP contribution in [0.5, 0.6) is 0 Å². The molecule has 0 saturated carbocycles. The van der Waals surface area contributed by atoms with E-state index in [1.165, 1.54) is 0 Å². The Hall–Kier alpha value is -0.420. The number of hydrogen-bond donors (Lipinski definition) is 0. The van der Waals surface area contributed by atoms with Crippen LogP contribution in [0.4, 0.5) is 0 Å². The lowest BCUT2D eigenvalue weighted by molar-refractivity contribution is -0.138. The summed E-state index contributed by atoms with van der Waals surface area (Å²) in [6, 6.07) is 0. The maximum Gasteiger partial charge on any atom is 0.293 e. The summed E-state index contributed by atoms with van der Waals surface area (Å²) >= 11 is 4.77. The predicted octanol–water partition coefficient (Wildman–Crippen LogP) is 2.86. The number of ether oxygens (including phenoxy) is 1. The van der Waals surface area contributed by atoms with E-state index in [4.69, 9.17) is 0 Å². The molecule has 0 aliphatic carbocycles. The van der Waals surface area contributed by atoms with Crippen LogP contribution in [0.3, 0.4) is 0 Å². The number of rotatable bonds is 1. The minimum atomic E-state index is -0.318. The molecule has 0 spiro atoms. The van der Waals surface area contributed by atoms with Gasteiger partial charge in [0.25, 0.3) is 6.47 Å². The molecule has 0 aromatic carbocycles. The van der Waals surface area contributed by atoms with E-state index in [0.29, 0.717) is 6.47 Å². The highest BCUT2D eigenvalue weighted by Crippen LogP contribution is 2.10. The first-order chi connectivity index (χ1) is 5.95. The zero-order valence-electron chi connectivity index (χ0n) is 7.78. The Balaban J connectivity index is 0.000000223. The van der Waals surface area contributed by atoms with Crippen LogP contribution in [0.15, 0.2) is 15.5 Å². The van der Waals surface area contributed by atoms with Crippen molar-refractivity contribution in [2.45, 2.75) is 26.4 Å². The first kappa shape index (κ1) is 12.6. The summed E-state index contributed by atoms with van der Waals surface area (Å²) in [4.78, 5) is 13.5. The van der Waals surface area contributed by atoms with Gasteiger partial charge in [-0.25, -0.2) is 4.98 Å². The molecule has 1 aromatic heterocycles. The zero-order chi connectivity index (χ0) is 10.3. The molecule has 0 N–H and O–H groups in total. The fourth-order valence-corrected chi connectivity index (χ4v) is 1.15. The van der Waals surface area contributed by atoms with Gasteiger partial charge in [0.1, 0.15) is 5.60 Å². The van der Waals surface area contributed by atoms with Gasteiger partial charge >= 0.3 is 0 Å². The summed E-state index contributed by atoms with van der Waals surface area (Å²) in [5.41, 5.74) is -0.318. The van der Waals surface area contributed by atoms with Gasteiger partial charge in [-0.15, -0.1) is 11.3 Å². The Labute approximate surface area is 90.3 Å². The van der Waals surface area contributed by atoms with Crippen molar-refractivity contribution in [1.82, 2.24) is 4.98 Å². The highest BCUT2D eigenvalue weighted by molar-refractivity contribution is 9.11. The van der Waals surface area contributed by atoms with Crippen LogP contribution in [-0.4, -0.2) is 17.1 Å². The van der Waals surface area contributed by atoms with Crippen LogP contribution < -0.4 is 0 Å². The molecule has 1 rings (SSSR count). The normalized spacial score (nSPS) is 9.85. The van der Waals surface area contributed by atoms with Gasteiger partial charge in [0, 0.05) is 11.6 Å². The zero-order valence-corrected chi connectivity index (χ0v) is 10.2. The Morgan fingerprint density at radius 3 is 2.31 bits per heavy atom. The van der Waals surface area contributed by atoms with Crippen molar-refractivity contribution in [3.8, 4) is 0 Å². The Morgan fingerprint density at radius 1 is 1.62 bits per heavy atom. The van der Waals surface area contributed by atoms with Crippen LogP contribution >= 0.6 is 27.3 Å². The maximum atomic E-state index is 9.60. The van der Waals surface area contributed by atoms with Gasteiger partial charge in [-0.2, -0.15) is 0 Å². The number of aromatic nitrogens is 1. The quantitative estimate of drug-likeness (QED) is 0.734. The molecule has 0 atom stereocenters. The lowest BCUT2D eigenvalue weighted by Crippen LogP contribution is -2.17. The number of thiazole rings is 1. The molecule has 0 bridgehead atoms. The van der Waals surface area contributed by atoms with E-state index in [1.807, 2.05) is 26.2 Å². The van der Waals surface area contributed by atoms with Crippen LogP contribution in [-0.2, 0) is 9.53 Å². The Bertz CT molecular complexity index is 231. The van der Waals surface area contributed by atoms with Gasteiger partial charge in [0.15, 0.2) is 3.92 Å². The largest absolute Gasteiger partial charge is 0.462 e. The van der Waals surface area contributed by atoms with Crippen molar-refractivity contribution in [2.24, 2.45) is 0 Å². The van der Waals surface area contributed by atoms with Gasteiger partial charge in [-0.3, -0.25) is 4.79 Å². The molecule has 0 radical (unpaired) electrons. The van der Waals surface area contributed by atoms with Crippen molar-refractivity contribution in [3.05, 3.63) is 15.5 Å². The SMILES string of the molecule is Brc1nccs1.CC(C)(C)OC=O. The van der Waals surface area contributed by atoms with Crippen LogP contribution in [0.25, 0.3) is 0 Å². The van der Waals surface area contributed by atoms with Gasteiger partial charge in [-0.05, 0) is 36.7 Å². The third-order valence-electron chi connectivity index (χ3n) is 0.804. The van der Waals surface area contributed by atoms with E-state index < -0.39 is 0 Å². The Morgan fingerprint density at radius 2 is 2.23 bits per heavy atom. The molecular weight excluding hydrogens is 254 g/mol. The van der Waals surface area contributed by atoms with Gasteiger partial charge in [0.05, 0.1) is 0 Å². The van der Waals surface area contributed by atoms with Crippen molar-refractivity contribution >= 4 is 33.7 Å². The number of halogens is 1. The molecule has 1 heterocycles. The van der Waals surface area contributed by atoms with Crippen LogP contribution in [0.1, 0.15) is 20.8 Å². The lowest BCUT2D eigenvalue weighted by atomic mass is 10.2. The van der Waals surface area contributed by atoms with Crippen LogP contribution in [0.2, 0.25) is 0 Å². The van der Waals surface area contributed by atoms with Crippen molar-refractivity contribution < 1.29 is 9.53 Å². The summed E-state index contributed by atoms with van der Waals surface area (Å²) in [6.07, 6.45) is 1.76. The highest BCUT2D eigenvalue weighted by atomic mass is 79.9. The van der Waals surface area contributed by atoms with Crippen LogP contribution in [0, 0.1) is 0 Å². The molecule has 0 amide bonds. The number of nitrogens with zero attached hydrogens (tertiary/aromatic N) is 1. The Kier molecular flexibility index (Phi) is 5.90. The standard InChI is InChI=1S/C5H10O2.C3H2BrNS/c1-5(2,3)7-4-6;4-3-5-1-2-6-3/h4H,1-3H3;1-2H. The van der Waals surface area contributed by atoms with Gasteiger partial charge in [0.2, 0.25) is 0 Å². The maximum absolute atomic E-state index is 9.60. The van der Waals surface area contributed by atoms with E-state index in [2.05, 4.69) is 25.7 Å². The average molecular weight is 266 g/mol. The first-order valence-electron chi connectivity index (χ1n) is 3.62. The summed E-state index contributed by atoms with van der Waals surface area (Å²) in [5.74, 6) is 0. The van der Waals surface area contributed by atoms with E-state index in [0.717, 1.165) is 3.92 Å². The second-order valence-corrected chi connectivity index (χ2v) is 5.28. The smallest absolute Gasteiger partial charge is 0.293 e. The van der Waals surface area contributed by atoms with Crippen molar-refractivity contribution in [3.63, 3.8) is 0 Å². The molecule has 3 nitrogen and oxygen atoms in total. The fraction of sp³-hybridized carbons (Fsp3) is 0.500. The van der Waals surface area contributed by atoms with E-state index in [1.54, 1.807) is 17.5 Å². The lowest BCUT2D eigenvalue weighted by Gasteiger charge is -2.14. The first-order valence-corrected chi connectivity index (χ1v) is 5.29. The number of hydrogen-bond acceptors (Lipinski definition) is 4. The number of carbonyl (C=O) groups is 1. The third-order valence-corrected chi connectivity index (χ3v) is 2.13. The molecule has 0 unspecified atom stereocenters. The second-order valence-electron chi connectivity index (χ2n) is 3.11. The summed E-state index contributed by atoms with van der Waals surface area (Å²) in [5, 5.41) is 1.92. The monoisotopic (exact) mass is 265 g/mol.